The van der Waals surface area contributed by atoms with Crippen molar-refractivity contribution in [3.05, 3.63) is 42.4 Å². The molecule has 22 heavy (non-hydrogen) atoms. The maximum Gasteiger partial charge on any atom is 0.178 e. The molecule has 118 valence electrons. The highest BCUT2D eigenvalue weighted by atomic mass is 32.2. The second kappa shape index (κ2) is 6.80. The number of benzene rings is 1. The Balaban J connectivity index is 2.08. The van der Waals surface area contributed by atoms with Gasteiger partial charge in [0.1, 0.15) is 11.5 Å². The van der Waals surface area contributed by atoms with Gasteiger partial charge in [-0.2, -0.15) is 0 Å². The largest absolute Gasteiger partial charge is 0.506 e. The van der Waals surface area contributed by atoms with Crippen LogP contribution < -0.4 is 10.6 Å². The van der Waals surface area contributed by atoms with Crippen LogP contribution in [0.2, 0.25) is 0 Å². The van der Waals surface area contributed by atoms with Crippen molar-refractivity contribution in [1.29, 1.82) is 0 Å². The molecule has 0 bridgehead atoms. The number of hydrogen-bond acceptors (Lipinski definition) is 5. The lowest BCUT2D eigenvalue weighted by Crippen LogP contribution is -2.27. The summed E-state index contributed by atoms with van der Waals surface area (Å²) in [7, 11) is -3.35. The Morgan fingerprint density at radius 3 is 2.77 bits per heavy atom. The van der Waals surface area contributed by atoms with Gasteiger partial charge in [-0.25, -0.2) is 8.42 Å². The topological polar surface area (TPSA) is 91.6 Å². The van der Waals surface area contributed by atoms with Crippen LogP contribution in [0.25, 0.3) is 0 Å². The van der Waals surface area contributed by atoms with Crippen molar-refractivity contribution in [2.75, 3.05) is 11.1 Å². The number of furan rings is 1. The summed E-state index contributed by atoms with van der Waals surface area (Å²) >= 11 is 5.11. The molecule has 1 aromatic heterocycles. The van der Waals surface area contributed by atoms with E-state index in [2.05, 4.69) is 10.6 Å². The monoisotopic (exact) mass is 340 g/mol. The lowest BCUT2D eigenvalue weighted by atomic mass is 10.3. The number of hydrogen-bond donors (Lipinski definition) is 3. The maximum absolute atomic E-state index is 11.9. The van der Waals surface area contributed by atoms with E-state index in [0.29, 0.717) is 12.3 Å². The Labute approximate surface area is 134 Å². The lowest BCUT2D eigenvalue weighted by Gasteiger charge is -2.12. The number of aromatic hydroxyl groups is 1. The first kappa shape index (κ1) is 16.3. The second-order valence-electron chi connectivity index (χ2n) is 4.47. The van der Waals surface area contributed by atoms with Gasteiger partial charge in [-0.15, -0.1) is 0 Å². The molecular formula is C14H16N2O4S2. The summed E-state index contributed by atoms with van der Waals surface area (Å²) in [5.41, 5.74) is 0.228. The van der Waals surface area contributed by atoms with Crippen LogP contribution in [0.3, 0.4) is 0 Å². The van der Waals surface area contributed by atoms with Crippen LogP contribution in [0.1, 0.15) is 12.7 Å². The minimum Gasteiger partial charge on any atom is -0.506 e. The highest BCUT2D eigenvalue weighted by molar-refractivity contribution is 7.91. The number of sulfone groups is 1. The maximum atomic E-state index is 11.9. The van der Waals surface area contributed by atoms with Crippen molar-refractivity contribution < 1.29 is 17.9 Å². The van der Waals surface area contributed by atoms with Crippen molar-refractivity contribution in [3.63, 3.8) is 0 Å². The summed E-state index contributed by atoms with van der Waals surface area (Å²) in [5, 5.41) is 15.7. The van der Waals surface area contributed by atoms with E-state index in [1.807, 2.05) is 0 Å². The zero-order valence-corrected chi connectivity index (χ0v) is 13.5. The van der Waals surface area contributed by atoms with Gasteiger partial charge in [0.05, 0.1) is 29.1 Å². The molecule has 0 aliphatic heterocycles. The predicted octanol–water partition coefficient (Wildman–Crippen LogP) is 2.27. The van der Waals surface area contributed by atoms with Crippen LogP contribution in [-0.2, 0) is 16.4 Å². The van der Waals surface area contributed by atoms with Gasteiger partial charge in [0.2, 0.25) is 0 Å². The van der Waals surface area contributed by atoms with Crippen molar-refractivity contribution in [2.45, 2.75) is 18.4 Å². The fraction of sp³-hybridized carbons (Fsp3) is 0.214. The fourth-order valence-corrected chi connectivity index (χ4v) is 2.81. The first-order valence-corrected chi connectivity index (χ1v) is 8.61. The fourth-order valence-electron chi connectivity index (χ4n) is 1.72. The molecule has 0 aliphatic rings. The third-order valence-electron chi connectivity index (χ3n) is 2.96. The molecule has 1 aromatic carbocycles. The van der Waals surface area contributed by atoms with Crippen LogP contribution in [0.4, 0.5) is 5.69 Å². The van der Waals surface area contributed by atoms with E-state index in [-0.39, 0.29) is 27.2 Å². The minimum atomic E-state index is -3.35. The first-order chi connectivity index (χ1) is 10.4. The summed E-state index contributed by atoms with van der Waals surface area (Å²) in [6.07, 6.45) is 1.55. The van der Waals surface area contributed by atoms with E-state index in [1.165, 1.54) is 18.2 Å². The summed E-state index contributed by atoms with van der Waals surface area (Å²) in [6.45, 7) is 1.94. The van der Waals surface area contributed by atoms with Gasteiger partial charge in [0.15, 0.2) is 14.9 Å². The molecule has 0 radical (unpaired) electrons. The Morgan fingerprint density at radius 2 is 2.14 bits per heavy atom. The number of thiocarbonyl (C=S) groups is 1. The first-order valence-electron chi connectivity index (χ1n) is 6.55. The number of anilines is 1. The van der Waals surface area contributed by atoms with Crippen LogP contribution in [0.15, 0.2) is 45.9 Å². The average molecular weight is 340 g/mol. The Kier molecular flexibility index (Phi) is 5.04. The van der Waals surface area contributed by atoms with Gasteiger partial charge in [-0.05, 0) is 42.5 Å². The molecule has 0 fully saturated rings. The van der Waals surface area contributed by atoms with Crippen molar-refractivity contribution in [1.82, 2.24) is 5.32 Å². The van der Waals surface area contributed by atoms with Crippen LogP contribution in [0, 0.1) is 0 Å². The lowest BCUT2D eigenvalue weighted by molar-refractivity contribution is 0.477. The van der Waals surface area contributed by atoms with Crippen molar-refractivity contribution >= 4 is 32.9 Å². The smallest absolute Gasteiger partial charge is 0.178 e. The molecule has 3 N–H and O–H groups in total. The third-order valence-corrected chi connectivity index (χ3v) is 4.94. The molecular weight excluding hydrogens is 324 g/mol. The highest BCUT2D eigenvalue weighted by Crippen LogP contribution is 2.26. The van der Waals surface area contributed by atoms with E-state index in [4.69, 9.17) is 16.6 Å². The Hall–Kier alpha value is -2.06. The molecule has 2 aromatic rings. The molecule has 0 unspecified atom stereocenters. The molecule has 8 heteroatoms. The molecule has 6 nitrogen and oxygen atoms in total. The minimum absolute atomic E-state index is 0.0155. The number of nitrogens with one attached hydrogen (secondary N) is 2. The SMILES string of the molecule is CCS(=O)(=O)c1ccc(O)c(NC(=S)NCc2ccco2)c1. The van der Waals surface area contributed by atoms with Crippen LogP contribution >= 0.6 is 12.2 Å². The van der Waals surface area contributed by atoms with Gasteiger partial charge < -0.3 is 20.2 Å². The zero-order chi connectivity index (χ0) is 16.2. The van der Waals surface area contributed by atoms with E-state index in [1.54, 1.807) is 25.3 Å². The van der Waals surface area contributed by atoms with E-state index < -0.39 is 9.84 Å². The van der Waals surface area contributed by atoms with Gasteiger partial charge in [0, 0.05) is 0 Å². The zero-order valence-electron chi connectivity index (χ0n) is 11.9. The summed E-state index contributed by atoms with van der Waals surface area (Å²) < 4.78 is 28.9. The number of rotatable bonds is 5. The normalized spacial score (nSPS) is 11.1. The molecule has 0 atom stereocenters. The predicted molar refractivity (Wildman–Crippen MR) is 87.6 cm³/mol. The summed E-state index contributed by atoms with van der Waals surface area (Å²) in [6, 6.07) is 7.59. The van der Waals surface area contributed by atoms with Gasteiger partial charge in [0.25, 0.3) is 0 Å². The Bertz CT molecular complexity index is 755. The number of phenols is 1. The average Bonchev–Trinajstić information content (AvgIpc) is 3.00. The second-order valence-corrected chi connectivity index (χ2v) is 7.16. The molecule has 0 spiro atoms. The molecule has 0 amide bonds. The molecule has 0 saturated heterocycles. The van der Waals surface area contributed by atoms with E-state index in [9.17, 15) is 13.5 Å². The van der Waals surface area contributed by atoms with Crippen LogP contribution in [0.5, 0.6) is 5.75 Å². The third kappa shape index (κ3) is 3.99. The van der Waals surface area contributed by atoms with Crippen LogP contribution in [-0.4, -0.2) is 24.4 Å². The van der Waals surface area contributed by atoms with Crippen molar-refractivity contribution in [3.8, 4) is 5.75 Å². The quantitative estimate of drug-likeness (QED) is 0.568. The van der Waals surface area contributed by atoms with Crippen molar-refractivity contribution in [2.24, 2.45) is 0 Å². The summed E-state index contributed by atoms with van der Waals surface area (Å²) in [4.78, 5) is 0.129. The molecule has 0 saturated carbocycles. The molecule has 1 heterocycles. The van der Waals surface area contributed by atoms with Gasteiger partial charge >= 0.3 is 0 Å². The standard InChI is InChI=1S/C14H16N2O4S2/c1-2-22(18,19)11-5-6-13(17)12(8-11)16-14(21)15-9-10-4-3-7-20-10/h3-8,17H,2,9H2,1H3,(H2,15,16,21). The van der Waals surface area contributed by atoms with Gasteiger partial charge in [-0.3, -0.25) is 0 Å². The molecule has 0 aliphatic carbocycles. The summed E-state index contributed by atoms with van der Waals surface area (Å²) in [5.74, 6) is 0.603. The highest BCUT2D eigenvalue weighted by Gasteiger charge is 2.14. The number of phenolic OH excluding ortho intramolecular Hbond substituents is 1. The van der Waals surface area contributed by atoms with Gasteiger partial charge in [-0.1, -0.05) is 6.92 Å². The molecule has 2 rings (SSSR count). The van der Waals surface area contributed by atoms with E-state index >= 15 is 0 Å². The Morgan fingerprint density at radius 1 is 1.36 bits per heavy atom. The van der Waals surface area contributed by atoms with E-state index in [0.717, 1.165) is 0 Å².